The number of anilines is 1. The molecule has 0 saturated carbocycles. The van der Waals surface area contributed by atoms with E-state index in [1.165, 1.54) is 6.39 Å². The van der Waals surface area contributed by atoms with Crippen molar-refractivity contribution in [2.75, 3.05) is 25.0 Å². The van der Waals surface area contributed by atoms with Crippen molar-refractivity contribution in [2.45, 2.75) is 19.8 Å². The molecule has 3 aromatic rings. The Labute approximate surface area is 181 Å². The van der Waals surface area contributed by atoms with Crippen LogP contribution in [-0.2, 0) is 0 Å². The molecule has 0 aliphatic carbocycles. The summed E-state index contributed by atoms with van der Waals surface area (Å²) >= 11 is 0. The fraction of sp³-hybridized carbons (Fsp3) is 0.292. The van der Waals surface area contributed by atoms with E-state index in [1.807, 2.05) is 60.4 Å². The lowest BCUT2D eigenvalue weighted by Gasteiger charge is -2.33. The van der Waals surface area contributed by atoms with Crippen molar-refractivity contribution in [1.29, 1.82) is 0 Å². The number of oxazole rings is 1. The van der Waals surface area contributed by atoms with Gasteiger partial charge in [0.05, 0.1) is 6.20 Å². The smallest absolute Gasteiger partial charge is 0.319 e. The van der Waals surface area contributed by atoms with Crippen LogP contribution in [0.25, 0.3) is 11.3 Å². The van der Waals surface area contributed by atoms with Crippen LogP contribution in [-0.4, -0.2) is 41.5 Å². The van der Waals surface area contributed by atoms with Gasteiger partial charge in [0.1, 0.15) is 0 Å². The fourth-order valence-corrected chi connectivity index (χ4v) is 3.78. The summed E-state index contributed by atoms with van der Waals surface area (Å²) in [5.41, 5.74) is 3.44. The monoisotopic (exact) mass is 418 g/mol. The molecule has 31 heavy (non-hydrogen) atoms. The molecule has 4 rings (SSSR count). The molecule has 0 spiro atoms. The van der Waals surface area contributed by atoms with Crippen LogP contribution in [0, 0.1) is 12.8 Å². The minimum Gasteiger partial charge on any atom is -0.444 e. The highest BCUT2D eigenvalue weighted by Crippen LogP contribution is 2.22. The minimum absolute atomic E-state index is 0.0120. The maximum absolute atomic E-state index is 12.9. The molecule has 0 unspecified atom stereocenters. The Morgan fingerprint density at radius 3 is 2.61 bits per heavy atom. The molecule has 3 amide bonds. The van der Waals surface area contributed by atoms with Crippen LogP contribution in [0.15, 0.2) is 65.5 Å². The molecule has 2 N–H and O–H groups in total. The Hall–Kier alpha value is -3.61. The van der Waals surface area contributed by atoms with E-state index >= 15 is 0 Å². The summed E-state index contributed by atoms with van der Waals surface area (Å²) in [6.07, 6.45) is 4.94. The highest BCUT2D eigenvalue weighted by Gasteiger charge is 2.25. The number of carbonyl (C=O) groups is 2. The maximum atomic E-state index is 12.9. The molecule has 2 aromatic carbocycles. The minimum atomic E-state index is -0.227. The number of hydrogen-bond donors (Lipinski definition) is 2. The number of hydrogen-bond acceptors (Lipinski definition) is 4. The van der Waals surface area contributed by atoms with E-state index in [0.29, 0.717) is 24.4 Å². The standard InChI is InChI=1S/C24H26N4O3/c1-17-4-10-21(11-5-17)27-24(30)26-13-18-3-2-12-28(15-18)23(29)20-8-6-19(7-9-20)22-14-25-16-31-22/h4-11,14,16,18H,2-3,12-13,15H2,1H3,(H2,26,27,30)/t18-/m1/s1. The molecule has 1 fully saturated rings. The first kappa shape index (κ1) is 20.7. The van der Waals surface area contributed by atoms with Gasteiger partial charge in [0.15, 0.2) is 12.2 Å². The summed E-state index contributed by atoms with van der Waals surface area (Å²) in [5.74, 6) is 0.917. The normalized spacial score (nSPS) is 16.0. The van der Waals surface area contributed by atoms with Crippen molar-refractivity contribution in [3.63, 3.8) is 0 Å². The van der Waals surface area contributed by atoms with Crippen molar-refractivity contribution >= 4 is 17.6 Å². The van der Waals surface area contributed by atoms with Crippen molar-refractivity contribution in [2.24, 2.45) is 5.92 Å². The first-order valence-corrected chi connectivity index (χ1v) is 10.5. The highest BCUT2D eigenvalue weighted by atomic mass is 16.3. The number of urea groups is 1. The van der Waals surface area contributed by atoms with E-state index < -0.39 is 0 Å². The van der Waals surface area contributed by atoms with E-state index in [4.69, 9.17) is 4.42 Å². The van der Waals surface area contributed by atoms with Crippen molar-refractivity contribution in [3.05, 3.63) is 72.2 Å². The van der Waals surface area contributed by atoms with Gasteiger partial charge in [0.25, 0.3) is 5.91 Å². The zero-order valence-electron chi connectivity index (χ0n) is 17.5. The number of piperidine rings is 1. The van der Waals surface area contributed by atoms with Crippen LogP contribution in [0.2, 0.25) is 0 Å². The van der Waals surface area contributed by atoms with E-state index in [9.17, 15) is 9.59 Å². The van der Waals surface area contributed by atoms with Crippen LogP contribution >= 0.6 is 0 Å². The zero-order chi connectivity index (χ0) is 21.6. The Kier molecular flexibility index (Phi) is 6.31. The first-order valence-electron chi connectivity index (χ1n) is 10.5. The van der Waals surface area contributed by atoms with Crippen LogP contribution < -0.4 is 10.6 Å². The molecule has 7 heteroatoms. The predicted octanol–water partition coefficient (Wildman–Crippen LogP) is 4.32. The summed E-state index contributed by atoms with van der Waals surface area (Å²) in [7, 11) is 0. The molecule has 1 aromatic heterocycles. The van der Waals surface area contributed by atoms with Crippen LogP contribution in [0.4, 0.5) is 10.5 Å². The maximum Gasteiger partial charge on any atom is 0.319 e. The Morgan fingerprint density at radius 2 is 1.90 bits per heavy atom. The van der Waals surface area contributed by atoms with Gasteiger partial charge in [-0.15, -0.1) is 0 Å². The van der Waals surface area contributed by atoms with Crippen molar-refractivity contribution < 1.29 is 14.0 Å². The molecule has 1 atom stereocenters. The topological polar surface area (TPSA) is 87.5 Å². The molecule has 0 bridgehead atoms. The summed E-state index contributed by atoms with van der Waals surface area (Å²) in [6, 6.07) is 14.8. The molecule has 2 heterocycles. The number of rotatable bonds is 5. The molecule has 0 radical (unpaired) electrons. The quantitative estimate of drug-likeness (QED) is 0.646. The molecule has 7 nitrogen and oxygen atoms in total. The van der Waals surface area contributed by atoms with E-state index in [2.05, 4.69) is 15.6 Å². The Bertz CT molecular complexity index is 1010. The Balaban J connectivity index is 1.29. The second kappa shape index (κ2) is 9.47. The lowest BCUT2D eigenvalue weighted by molar-refractivity contribution is 0.0675. The second-order valence-electron chi connectivity index (χ2n) is 7.90. The van der Waals surface area contributed by atoms with E-state index in [-0.39, 0.29) is 17.9 Å². The van der Waals surface area contributed by atoms with Gasteiger partial charge < -0.3 is 20.0 Å². The number of nitrogens with one attached hydrogen (secondary N) is 2. The summed E-state index contributed by atoms with van der Waals surface area (Å²) < 4.78 is 5.29. The first-order chi connectivity index (χ1) is 15.1. The zero-order valence-corrected chi connectivity index (χ0v) is 17.5. The molecule has 1 aliphatic rings. The lowest BCUT2D eigenvalue weighted by Crippen LogP contribution is -2.44. The number of carbonyl (C=O) groups excluding carboxylic acids is 2. The van der Waals surface area contributed by atoms with Crippen molar-refractivity contribution in [3.8, 4) is 11.3 Å². The van der Waals surface area contributed by atoms with Gasteiger partial charge in [-0.1, -0.05) is 29.8 Å². The summed E-state index contributed by atoms with van der Waals surface area (Å²) in [5, 5.41) is 5.78. The molecular formula is C24H26N4O3. The molecule has 160 valence electrons. The molecular weight excluding hydrogens is 392 g/mol. The number of benzene rings is 2. The molecule has 1 saturated heterocycles. The number of amides is 3. The number of aryl methyl sites for hydroxylation is 1. The largest absolute Gasteiger partial charge is 0.444 e. The third-order valence-electron chi connectivity index (χ3n) is 5.52. The van der Waals surface area contributed by atoms with Crippen LogP contribution in [0.5, 0.6) is 0 Å². The fourth-order valence-electron chi connectivity index (χ4n) is 3.78. The van der Waals surface area contributed by atoms with Gasteiger partial charge in [0.2, 0.25) is 0 Å². The van der Waals surface area contributed by atoms with Gasteiger partial charge in [-0.2, -0.15) is 0 Å². The Morgan fingerprint density at radius 1 is 1.13 bits per heavy atom. The van der Waals surface area contributed by atoms with Gasteiger partial charge >= 0.3 is 6.03 Å². The average Bonchev–Trinajstić information content (AvgIpc) is 3.34. The SMILES string of the molecule is Cc1ccc(NC(=O)NC[C@H]2CCCN(C(=O)c3ccc(-c4cnco4)cc3)C2)cc1. The highest BCUT2D eigenvalue weighted by molar-refractivity contribution is 5.94. The van der Waals surface area contributed by atoms with Crippen molar-refractivity contribution in [1.82, 2.24) is 15.2 Å². The number of likely N-dealkylation sites (tertiary alicyclic amines) is 1. The van der Waals surface area contributed by atoms with E-state index in [0.717, 1.165) is 36.2 Å². The second-order valence-corrected chi connectivity index (χ2v) is 7.90. The number of aromatic nitrogens is 1. The van der Waals surface area contributed by atoms with Crippen LogP contribution in [0.3, 0.4) is 0 Å². The molecule has 1 aliphatic heterocycles. The van der Waals surface area contributed by atoms with Gasteiger partial charge in [-0.25, -0.2) is 9.78 Å². The van der Waals surface area contributed by atoms with Gasteiger partial charge in [0, 0.05) is 36.4 Å². The summed E-state index contributed by atoms with van der Waals surface area (Å²) in [4.78, 5) is 30.9. The lowest BCUT2D eigenvalue weighted by atomic mass is 9.97. The summed E-state index contributed by atoms with van der Waals surface area (Å²) in [6.45, 7) is 3.90. The third-order valence-corrected chi connectivity index (χ3v) is 5.52. The number of nitrogens with zero attached hydrogens (tertiary/aromatic N) is 2. The van der Waals surface area contributed by atoms with Gasteiger partial charge in [-0.05, 0) is 49.9 Å². The van der Waals surface area contributed by atoms with Gasteiger partial charge in [-0.3, -0.25) is 4.79 Å². The third kappa shape index (κ3) is 5.31. The predicted molar refractivity (Wildman–Crippen MR) is 119 cm³/mol. The average molecular weight is 418 g/mol. The van der Waals surface area contributed by atoms with Crippen LogP contribution in [0.1, 0.15) is 28.8 Å². The van der Waals surface area contributed by atoms with E-state index in [1.54, 1.807) is 6.20 Å².